The Kier molecular flexibility index (Phi) is 5.00. The highest BCUT2D eigenvalue weighted by molar-refractivity contribution is 5.56. The average molecular weight is 280 g/mol. The van der Waals surface area contributed by atoms with E-state index in [4.69, 9.17) is 10.5 Å². The summed E-state index contributed by atoms with van der Waals surface area (Å²) < 4.78 is 19.1. The molecule has 112 valence electrons. The zero-order chi connectivity index (χ0) is 14.7. The van der Waals surface area contributed by atoms with Crippen molar-refractivity contribution in [2.75, 3.05) is 31.7 Å². The minimum absolute atomic E-state index is 0.169. The number of halogens is 1. The largest absolute Gasteiger partial charge is 0.381 e. The lowest BCUT2D eigenvalue weighted by Crippen LogP contribution is -2.30. The summed E-state index contributed by atoms with van der Waals surface area (Å²) in [6.45, 7) is 6.36. The molecule has 0 aromatic heterocycles. The van der Waals surface area contributed by atoms with E-state index in [9.17, 15) is 4.39 Å². The van der Waals surface area contributed by atoms with Crippen molar-refractivity contribution in [3.8, 4) is 0 Å². The van der Waals surface area contributed by atoms with Crippen LogP contribution in [-0.4, -0.2) is 26.8 Å². The van der Waals surface area contributed by atoms with Gasteiger partial charge in [-0.15, -0.1) is 0 Å². The van der Waals surface area contributed by atoms with Gasteiger partial charge in [-0.05, 0) is 55.9 Å². The molecule has 1 heterocycles. The first-order valence-electron chi connectivity index (χ1n) is 7.33. The molecule has 1 saturated heterocycles. The number of hydrogen-bond donors (Lipinski definition) is 1. The van der Waals surface area contributed by atoms with Crippen LogP contribution in [0.1, 0.15) is 36.9 Å². The molecule has 20 heavy (non-hydrogen) atoms. The highest BCUT2D eigenvalue weighted by Crippen LogP contribution is 2.29. The van der Waals surface area contributed by atoms with Crippen LogP contribution in [0.4, 0.5) is 10.1 Å². The van der Waals surface area contributed by atoms with E-state index in [2.05, 4.69) is 11.9 Å². The Hall–Kier alpha value is -1.13. The topological polar surface area (TPSA) is 38.5 Å². The number of benzene rings is 1. The molecule has 1 aromatic rings. The summed E-state index contributed by atoms with van der Waals surface area (Å²) in [5.74, 6) is 0.459. The molecule has 3 nitrogen and oxygen atoms in total. The van der Waals surface area contributed by atoms with Gasteiger partial charge in [-0.1, -0.05) is 0 Å². The van der Waals surface area contributed by atoms with E-state index in [0.717, 1.165) is 43.9 Å². The molecule has 0 spiro atoms. The second-order valence-corrected chi connectivity index (χ2v) is 5.89. The Bertz CT molecular complexity index is 456. The van der Waals surface area contributed by atoms with E-state index in [0.29, 0.717) is 11.5 Å². The lowest BCUT2D eigenvalue weighted by Gasteiger charge is -2.30. The lowest BCUT2D eigenvalue weighted by atomic mass is 9.98. The minimum Gasteiger partial charge on any atom is -0.381 e. The second-order valence-electron chi connectivity index (χ2n) is 5.89. The molecule has 1 fully saturated rings. The number of nitrogens with zero attached hydrogens (tertiary/aromatic N) is 1. The SMILES string of the molecule is Cc1cc(N(C)CC2CCOCC2)c([C@H](C)N)cc1F. The Morgan fingerprint density at radius 3 is 2.65 bits per heavy atom. The Labute approximate surface area is 120 Å². The van der Waals surface area contributed by atoms with E-state index in [1.807, 2.05) is 13.0 Å². The van der Waals surface area contributed by atoms with Crippen molar-refractivity contribution >= 4 is 5.69 Å². The van der Waals surface area contributed by atoms with Gasteiger partial charge in [-0.2, -0.15) is 0 Å². The summed E-state index contributed by atoms with van der Waals surface area (Å²) in [7, 11) is 2.06. The van der Waals surface area contributed by atoms with E-state index < -0.39 is 0 Å². The van der Waals surface area contributed by atoms with E-state index in [1.54, 1.807) is 13.0 Å². The van der Waals surface area contributed by atoms with Gasteiger partial charge in [0.1, 0.15) is 5.82 Å². The second kappa shape index (κ2) is 6.55. The van der Waals surface area contributed by atoms with Gasteiger partial charge >= 0.3 is 0 Å². The number of ether oxygens (including phenoxy) is 1. The number of aryl methyl sites for hydroxylation is 1. The summed E-state index contributed by atoms with van der Waals surface area (Å²) in [6, 6.07) is 3.32. The fourth-order valence-corrected chi connectivity index (χ4v) is 2.79. The fourth-order valence-electron chi connectivity index (χ4n) is 2.79. The van der Waals surface area contributed by atoms with Crippen molar-refractivity contribution in [1.82, 2.24) is 0 Å². The van der Waals surface area contributed by atoms with Gasteiger partial charge in [-0.25, -0.2) is 4.39 Å². The molecule has 2 N–H and O–H groups in total. The first kappa shape index (κ1) is 15.3. The van der Waals surface area contributed by atoms with Crippen LogP contribution in [0.15, 0.2) is 12.1 Å². The van der Waals surface area contributed by atoms with Crippen LogP contribution >= 0.6 is 0 Å². The molecule has 0 saturated carbocycles. The maximum atomic E-state index is 13.8. The summed E-state index contributed by atoms with van der Waals surface area (Å²) in [6.07, 6.45) is 2.19. The van der Waals surface area contributed by atoms with Crippen molar-refractivity contribution in [3.63, 3.8) is 0 Å². The van der Waals surface area contributed by atoms with Gasteiger partial charge in [0.25, 0.3) is 0 Å². The van der Waals surface area contributed by atoms with Crippen LogP contribution in [0.5, 0.6) is 0 Å². The van der Waals surface area contributed by atoms with Crippen LogP contribution < -0.4 is 10.6 Å². The standard InChI is InChI=1S/C16H25FN2O/c1-11-8-16(14(12(2)18)9-15(11)17)19(3)10-13-4-6-20-7-5-13/h8-9,12-13H,4-7,10,18H2,1-3H3/t12-/m0/s1. The van der Waals surface area contributed by atoms with Crippen molar-refractivity contribution in [2.24, 2.45) is 11.7 Å². The van der Waals surface area contributed by atoms with Gasteiger partial charge < -0.3 is 15.4 Å². The van der Waals surface area contributed by atoms with Crippen LogP contribution in [0.2, 0.25) is 0 Å². The molecule has 2 rings (SSSR count). The molecule has 1 aliphatic rings. The van der Waals surface area contributed by atoms with Gasteiger partial charge in [0.2, 0.25) is 0 Å². The molecule has 0 unspecified atom stereocenters. The normalized spacial score (nSPS) is 18.1. The van der Waals surface area contributed by atoms with Crippen molar-refractivity contribution in [3.05, 3.63) is 29.1 Å². The van der Waals surface area contributed by atoms with Crippen molar-refractivity contribution < 1.29 is 9.13 Å². The molecule has 1 aliphatic heterocycles. The van der Waals surface area contributed by atoms with Gasteiger partial charge in [0, 0.05) is 38.5 Å². The maximum Gasteiger partial charge on any atom is 0.126 e. The third-order valence-corrected chi connectivity index (χ3v) is 4.08. The molecule has 1 atom stereocenters. The molecule has 4 heteroatoms. The Morgan fingerprint density at radius 2 is 2.05 bits per heavy atom. The number of hydrogen-bond acceptors (Lipinski definition) is 3. The number of rotatable bonds is 4. The van der Waals surface area contributed by atoms with E-state index in [1.165, 1.54) is 0 Å². The quantitative estimate of drug-likeness (QED) is 0.921. The Balaban J connectivity index is 2.19. The summed E-state index contributed by atoms with van der Waals surface area (Å²) in [5.41, 5.74) is 8.58. The monoisotopic (exact) mass is 280 g/mol. The summed E-state index contributed by atoms with van der Waals surface area (Å²) in [5, 5.41) is 0. The first-order chi connectivity index (χ1) is 9.49. The van der Waals surface area contributed by atoms with Crippen molar-refractivity contribution in [2.45, 2.75) is 32.7 Å². The molecular weight excluding hydrogens is 255 g/mol. The minimum atomic E-state index is -0.180. The van der Waals surface area contributed by atoms with E-state index >= 15 is 0 Å². The molecular formula is C16H25FN2O. The van der Waals surface area contributed by atoms with Crippen LogP contribution in [0, 0.1) is 18.7 Å². The smallest absolute Gasteiger partial charge is 0.126 e. The van der Waals surface area contributed by atoms with Crippen LogP contribution in [0.25, 0.3) is 0 Å². The van der Waals surface area contributed by atoms with E-state index in [-0.39, 0.29) is 11.9 Å². The fraction of sp³-hybridized carbons (Fsp3) is 0.625. The number of nitrogens with two attached hydrogens (primary N) is 1. The first-order valence-corrected chi connectivity index (χ1v) is 7.33. The van der Waals surface area contributed by atoms with Crippen LogP contribution in [-0.2, 0) is 4.74 Å². The molecule has 1 aromatic carbocycles. The molecule has 0 amide bonds. The molecule has 0 aliphatic carbocycles. The third-order valence-electron chi connectivity index (χ3n) is 4.08. The molecule has 0 radical (unpaired) electrons. The predicted molar refractivity (Wildman–Crippen MR) is 80.6 cm³/mol. The number of anilines is 1. The zero-order valence-corrected chi connectivity index (χ0v) is 12.7. The van der Waals surface area contributed by atoms with Gasteiger partial charge in [0.15, 0.2) is 0 Å². The Morgan fingerprint density at radius 1 is 1.40 bits per heavy atom. The zero-order valence-electron chi connectivity index (χ0n) is 12.7. The highest BCUT2D eigenvalue weighted by atomic mass is 19.1. The van der Waals surface area contributed by atoms with Gasteiger partial charge in [-0.3, -0.25) is 0 Å². The predicted octanol–water partition coefficient (Wildman–Crippen LogP) is 3.02. The average Bonchev–Trinajstić information content (AvgIpc) is 2.42. The lowest BCUT2D eigenvalue weighted by molar-refractivity contribution is 0.0685. The van der Waals surface area contributed by atoms with Crippen molar-refractivity contribution in [1.29, 1.82) is 0 Å². The third kappa shape index (κ3) is 3.49. The van der Waals surface area contributed by atoms with Crippen LogP contribution in [0.3, 0.4) is 0 Å². The highest BCUT2D eigenvalue weighted by Gasteiger charge is 2.19. The maximum absolute atomic E-state index is 13.8. The summed E-state index contributed by atoms with van der Waals surface area (Å²) in [4.78, 5) is 2.21. The summed E-state index contributed by atoms with van der Waals surface area (Å²) >= 11 is 0. The van der Waals surface area contributed by atoms with Gasteiger partial charge in [0.05, 0.1) is 0 Å². The molecule has 0 bridgehead atoms.